The molecule has 2 aromatic rings. The third-order valence-electron chi connectivity index (χ3n) is 4.70. The van der Waals surface area contributed by atoms with Crippen LogP contribution in [0.1, 0.15) is 52.0 Å². The number of anilines is 1. The molecule has 1 fully saturated rings. The van der Waals surface area contributed by atoms with E-state index in [2.05, 4.69) is 15.4 Å². The van der Waals surface area contributed by atoms with Gasteiger partial charge in [-0.1, -0.05) is 0 Å². The number of pyridine rings is 1. The molecule has 0 aliphatic heterocycles. The van der Waals surface area contributed by atoms with Crippen LogP contribution in [0.2, 0.25) is 0 Å². The zero-order chi connectivity index (χ0) is 21.6. The summed E-state index contributed by atoms with van der Waals surface area (Å²) in [5.41, 5.74) is 4.42. The van der Waals surface area contributed by atoms with E-state index >= 15 is 0 Å². The van der Waals surface area contributed by atoms with Crippen molar-refractivity contribution in [2.24, 2.45) is 11.7 Å². The average Bonchev–Trinajstić information content (AvgIpc) is 2.90. The van der Waals surface area contributed by atoms with E-state index in [9.17, 15) is 27.2 Å². The number of alkyl halides is 4. The molecule has 29 heavy (non-hydrogen) atoms. The van der Waals surface area contributed by atoms with Crippen molar-refractivity contribution in [1.82, 2.24) is 14.8 Å². The summed E-state index contributed by atoms with van der Waals surface area (Å²) in [6.45, 7) is 1.88. The van der Waals surface area contributed by atoms with Gasteiger partial charge in [-0.3, -0.25) is 19.3 Å². The Morgan fingerprint density at radius 2 is 2.03 bits per heavy atom. The number of amides is 2. The lowest BCUT2D eigenvalue weighted by molar-refractivity contribution is -0.114. The minimum absolute atomic E-state index is 0.0507. The van der Waals surface area contributed by atoms with Crippen LogP contribution < -0.4 is 11.1 Å². The van der Waals surface area contributed by atoms with Gasteiger partial charge in [-0.25, -0.2) is 8.78 Å². The van der Waals surface area contributed by atoms with Crippen LogP contribution in [0.15, 0.2) is 18.3 Å². The summed E-state index contributed by atoms with van der Waals surface area (Å²) >= 11 is 0. The molecule has 2 aromatic heterocycles. The fourth-order valence-corrected chi connectivity index (χ4v) is 3.38. The molecule has 2 heterocycles. The lowest BCUT2D eigenvalue weighted by Crippen LogP contribution is -2.38. The van der Waals surface area contributed by atoms with Crippen LogP contribution >= 0.6 is 0 Å². The van der Waals surface area contributed by atoms with Crippen LogP contribution in [0.25, 0.3) is 0 Å². The molecule has 2 amide bonds. The average molecular weight is 413 g/mol. The van der Waals surface area contributed by atoms with Gasteiger partial charge < -0.3 is 11.1 Å². The Morgan fingerprint density at radius 1 is 1.38 bits per heavy atom. The van der Waals surface area contributed by atoms with Crippen molar-refractivity contribution in [3.05, 3.63) is 41.0 Å². The first-order valence-corrected chi connectivity index (χ1v) is 8.78. The van der Waals surface area contributed by atoms with E-state index in [1.807, 2.05) is 0 Å². The predicted molar refractivity (Wildman–Crippen MR) is 94.9 cm³/mol. The molecule has 0 bridgehead atoms. The first-order valence-electron chi connectivity index (χ1n) is 8.78. The number of halogens is 4. The van der Waals surface area contributed by atoms with Crippen molar-refractivity contribution >= 4 is 17.5 Å². The van der Waals surface area contributed by atoms with Gasteiger partial charge in [-0.15, -0.1) is 0 Å². The monoisotopic (exact) mass is 413 g/mol. The van der Waals surface area contributed by atoms with E-state index in [-0.39, 0.29) is 29.2 Å². The van der Waals surface area contributed by atoms with Gasteiger partial charge in [0.15, 0.2) is 0 Å². The second kappa shape index (κ2) is 7.12. The molecule has 156 valence electrons. The molecule has 3 rings (SSSR count). The largest absolute Gasteiger partial charge is 0.364 e. The highest BCUT2D eigenvalue weighted by Crippen LogP contribution is 2.43. The Labute approximate surface area is 163 Å². The highest BCUT2D eigenvalue weighted by Gasteiger charge is 2.46. The molecule has 1 saturated carbocycles. The van der Waals surface area contributed by atoms with E-state index in [0.29, 0.717) is 6.92 Å². The van der Waals surface area contributed by atoms with E-state index in [1.54, 1.807) is 0 Å². The van der Waals surface area contributed by atoms with Crippen LogP contribution in [0.5, 0.6) is 0 Å². The molecule has 0 radical (unpaired) electrons. The lowest BCUT2D eigenvalue weighted by atomic mass is 9.81. The van der Waals surface area contributed by atoms with Crippen LogP contribution in [-0.4, -0.2) is 32.5 Å². The molecule has 11 heteroatoms. The number of nitrogens with two attached hydrogens (primary N) is 1. The number of hydrogen-bond acceptors (Lipinski definition) is 4. The number of primary amides is 1. The van der Waals surface area contributed by atoms with Crippen LogP contribution in [0.4, 0.5) is 23.2 Å². The summed E-state index contributed by atoms with van der Waals surface area (Å²) in [6, 6.07) is 2.63. The predicted octanol–water partition coefficient (Wildman–Crippen LogP) is 3.09. The summed E-state index contributed by atoms with van der Waals surface area (Å²) in [7, 11) is 0. The van der Waals surface area contributed by atoms with Crippen molar-refractivity contribution in [1.29, 1.82) is 0 Å². The summed E-state index contributed by atoms with van der Waals surface area (Å²) < 4.78 is 55.2. The van der Waals surface area contributed by atoms with Crippen LogP contribution in [0.3, 0.4) is 0 Å². The highest BCUT2D eigenvalue weighted by atomic mass is 19.3. The van der Waals surface area contributed by atoms with Crippen LogP contribution in [-0.2, 0) is 12.5 Å². The fourth-order valence-electron chi connectivity index (χ4n) is 3.38. The van der Waals surface area contributed by atoms with Gasteiger partial charge in [-0.05, 0) is 25.0 Å². The quantitative estimate of drug-likeness (QED) is 0.711. The fraction of sp³-hybridized carbons (Fsp3) is 0.444. The SMILES string of the molecule is Cc1c(C(C)(F)F)nn(CC2CC(F)(F)C2)c1C(=O)Nc1ccnc(C(N)=O)c1. The van der Waals surface area contributed by atoms with Gasteiger partial charge in [0.05, 0.1) is 0 Å². The van der Waals surface area contributed by atoms with E-state index < -0.39 is 48.1 Å². The molecule has 7 nitrogen and oxygen atoms in total. The van der Waals surface area contributed by atoms with Crippen molar-refractivity contribution in [2.75, 3.05) is 5.32 Å². The molecular weight excluding hydrogens is 394 g/mol. The molecule has 1 aliphatic carbocycles. The minimum atomic E-state index is -3.32. The Morgan fingerprint density at radius 3 is 2.59 bits per heavy atom. The topological polar surface area (TPSA) is 103 Å². The number of rotatable bonds is 6. The van der Waals surface area contributed by atoms with Gasteiger partial charge in [-0.2, -0.15) is 13.9 Å². The number of carbonyl (C=O) groups is 2. The zero-order valence-electron chi connectivity index (χ0n) is 15.7. The number of nitrogens with one attached hydrogen (secondary N) is 1. The maximum absolute atomic E-state index is 13.9. The second-order valence-corrected chi connectivity index (χ2v) is 7.27. The maximum atomic E-state index is 13.9. The third-order valence-corrected chi connectivity index (χ3v) is 4.70. The standard InChI is InChI=1S/C18H19F4N5O2/c1-9-13(16(29)25-11-3-4-24-12(5-11)15(23)28)27(26-14(9)17(2,19)20)8-10-6-18(21,22)7-10/h3-5,10H,6-8H2,1-2H3,(H2,23,28)(H,24,25,29). The normalized spacial score (nSPS) is 16.3. The molecule has 3 N–H and O–H groups in total. The molecule has 0 unspecified atom stereocenters. The second-order valence-electron chi connectivity index (χ2n) is 7.27. The molecular formula is C18H19F4N5O2. The van der Waals surface area contributed by atoms with E-state index in [0.717, 1.165) is 4.68 Å². The molecule has 0 atom stereocenters. The number of hydrogen-bond donors (Lipinski definition) is 2. The highest BCUT2D eigenvalue weighted by molar-refractivity contribution is 6.04. The number of nitrogens with zero attached hydrogens (tertiary/aromatic N) is 3. The molecule has 0 spiro atoms. The van der Waals surface area contributed by atoms with Gasteiger partial charge in [0.25, 0.3) is 17.7 Å². The van der Waals surface area contributed by atoms with Crippen molar-refractivity contribution in [3.8, 4) is 0 Å². The summed E-state index contributed by atoms with van der Waals surface area (Å²) in [4.78, 5) is 27.8. The van der Waals surface area contributed by atoms with Gasteiger partial charge in [0.1, 0.15) is 17.1 Å². The third kappa shape index (κ3) is 4.38. The van der Waals surface area contributed by atoms with Crippen LogP contribution in [0, 0.1) is 12.8 Å². The number of aromatic nitrogens is 3. The van der Waals surface area contributed by atoms with Crippen molar-refractivity contribution in [2.45, 2.75) is 45.1 Å². The lowest BCUT2D eigenvalue weighted by Gasteiger charge is -2.35. The Balaban J connectivity index is 1.91. The molecule has 1 aliphatic rings. The summed E-state index contributed by atoms with van der Waals surface area (Å²) in [5, 5.41) is 6.32. The first-order chi connectivity index (χ1) is 13.4. The smallest absolute Gasteiger partial charge is 0.289 e. The van der Waals surface area contributed by atoms with Crippen molar-refractivity contribution in [3.63, 3.8) is 0 Å². The number of carbonyl (C=O) groups excluding carboxylic acids is 2. The van der Waals surface area contributed by atoms with Crippen molar-refractivity contribution < 1.29 is 27.2 Å². The Bertz CT molecular complexity index is 960. The van der Waals surface area contributed by atoms with E-state index in [4.69, 9.17) is 5.73 Å². The maximum Gasteiger partial charge on any atom is 0.289 e. The van der Waals surface area contributed by atoms with Gasteiger partial charge in [0, 0.05) is 43.8 Å². The first kappa shape index (κ1) is 20.7. The van der Waals surface area contributed by atoms with E-state index in [1.165, 1.54) is 25.3 Å². The molecule has 0 saturated heterocycles. The summed E-state index contributed by atoms with van der Waals surface area (Å²) in [5.74, 6) is -8.14. The van der Waals surface area contributed by atoms with Gasteiger partial charge in [0.2, 0.25) is 5.92 Å². The Kier molecular flexibility index (Phi) is 5.10. The van der Waals surface area contributed by atoms with Gasteiger partial charge >= 0.3 is 0 Å². The zero-order valence-corrected chi connectivity index (χ0v) is 15.7. The molecule has 0 aromatic carbocycles. The summed E-state index contributed by atoms with van der Waals surface area (Å²) in [6.07, 6.45) is 0.468. The Hall–Kier alpha value is -2.98. The minimum Gasteiger partial charge on any atom is -0.364 e.